The minimum absolute atomic E-state index is 0.0362. The van der Waals surface area contributed by atoms with E-state index in [1.807, 2.05) is 0 Å². The minimum Gasteiger partial charge on any atom is -0.508 e. The van der Waals surface area contributed by atoms with Gasteiger partial charge < -0.3 is 30.9 Å². The molecule has 4 atom stereocenters. The number of methoxy groups -OCH3 is 1. The molecule has 3 aliphatic carbocycles. The Morgan fingerprint density at radius 2 is 1.76 bits per heavy atom. The Hall–Kier alpha value is -4.48. The molecule has 214 valence electrons. The Morgan fingerprint density at radius 3 is 2.34 bits per heavy atom. The Labute approximate surface area is 235 Å². The van der Waals surface area contributed by atoms with Gasteiger partial charge in [0.05, 0.1) is 18.7 Å². The molecule has 11 nitrogen and oxygen atoms in total. The highest BCUT2D eigenvalue weighted by molar-refractivity contribution is 6.24. The zero-order chi connectivity index (χ0) is 30.1. The second-order valence-electron chi connectivity index (χ2n) is 10.9. The Balaban J connectivity index is 1.76. The van der Waals surface area contributed by atoms with Crippen LogP contribution >= 0.6 is 0 Å². The van der Waals surface area contributed by atoms with Crippen LogP contribution in [0.3, 0.4) is 0 Å². The molecule has 5 rings (SSSR count). The zero-order valence-electron chi connectivity index (χ0n) is 22.9. The van der Waals surface area contributed by atoms with Crippen molar-refractivity contribution in [3.05, 3.63) is 63.9 Å². The molecule has 0 heterocycles. The minimum atomic E-state index is -2.71. The molecule has 1 amide bonds. The van der Waals surface area contributed by atoms with E-state index in [-0.39, 0.29) is 35.5 Å². The molecule has 0 bridgehead atoms. The van der Waals surface area contributed by atoms with Crippen molar-refractivity contribution in [2.75, 3.05) is 21.2 Å². The number of aliphatic hydroxyl groups excluding tert-OH is 2. The quantitative estimate of drug-likeness (QED) is 0.266. The molecular weight excluding hydrogens is 532 g/mol. The number of phenolic OH excluding ortho intramolecular Hbond substituents is 1. The summed E-state index contributed by atoms with van der Waals surface area (Å²) in [7, 11) is 4.55. The van der Waals surface area contributed by atoms with Gasteiger partial charge in [0.25, 0.3) is 5.91 Å². The summed E-state index contributed by atoms with van der Waals surface area (Å²) < 4.78 is 5.53. The lowest BCUT2D eigenvalue weighted by Gasteiger charge is -2.50. The van der Waals surface area contributed by atoms with Gasteiger partial charge in [0.2, 0.25) is 5.78 Å². The molecule has 41 heavy (non-hydrogen) atoms. The van der Waals surface area contributed by atoms with Gasteiger partial charge in [0, 0.05) is 22.6 Å². The predicted octanol–water partition coefficient (Wildman–Crippen LogP) is 1.84. The maximum atomic E-state index is 14.0. The van der Waals surface area contributed by atoms with Gasteiger partial charge in [0.15, 0.2) is 17.2 Å². The average molecular weight is 563 g/mol. The number of aliphatic hydroxyl groups is 3. The first-order chi connectivity index (χ1) is 19.2. The van der Waals surface area contributed by atoms with E-state index in [0.29, 0.717) is 28.0 Å². The number of carbonyl (C=O) groups is 4. The normalized spacial score (nSPS) is 25.6. The topological polar surface area (TPSA) is 188 Å². The van der Waals surface area contributed by atoms with E-state index in [4.69, 9.17) is 10.5 Å². The molecule has 0 aliphatic heterocycles. The van der Waals surface area contributed by atoms with Crippen LogP contribution in [0.25, 0.3) is 16.9 Å². The highest BCUT2D eigenvalue weighted by atomic mass is 16.5. The largest absolute Gasteiger partial charge is 0.508 e. The summed E-state index contributed by atoms with van der Waals surface area (Å²) in [6, 6.07) is 6.68. The highest BCUT2D eigenvalue weighted by Crippen LogP contribution is 2.54. The summed E-state index contributed by atoms with van der Waals surface area (Å²) in [5.74, 6) is -6.93. The number of likely N-dealkylation sites (N-methyl/N-ethyl adjacent to an activating group) is 1. The lowest BCUT2D eigenvalue weighted by molar-refractivity contribution is -0.153. The number of Topliss-reactive ketones (excluding diaryl/α,β-unsaturated/α-hetero) is 3. The number of aromatic hydroxyl groups is 1. The number of rotatable bonds is 5. The maximum absolute atomic E-state index is 14.0. The van der Waals surface area contributed by atoms with E-state index in [2.05, 4.69) is 0 Å². The van der Waals surface area contributed by atoms with Crippen LogP contribution in [-0.4, -0.2) is 81.4 Å². The number of benzene rings is 2. The van der Waals surface area contributed by atoms with Crippen molar-refractivity contribution in [3.8, 4) is 22.6 Å². The molecule has 0 spiro atoms. The first kappa shape index (κ1) is 28.1. The smallest absolute Gasteiger partial charge is 0.255 e. The molecule has 0 radical (unpaired) electrons. The van der Waals surface area contributed by atoms with Crippen LogP contribution in [0.5, 0.6) is 11.5 Å². The number of hydrogen-bond donors (Lipinski definition) is 5. The lowest BCUT2D eigenvalue weighted by Crippen LogP contribution is -2.65. The van der Waals surface area contributed by atoms with Gasteiger partial charge in [-0.15, -0.1) is 0 Å². The van der Waals surface area contributed by atoms with Gasteiger partial charge in [-0.2, -0.15) is 0 Å². The molecule has 3 aliphatic rings. The van der Waals surface area contributed by atoms with Crippen molar-refractivity contribution in [2.45, 2.75) is 31.4 Å². The summed E-state index contributed by atoms with van der Waals surface area (Å²) in [6.07, 6.45) is 0.0667. The summed E-state index contributed by atoms with van der Waals surface area (Å²) in [4.78, 5) is 53.0. The average Bonchev–Trinajstić information content (AvgIpc) is 2.90. The molecular formula is C30H30N2O9. The number of ketones is 3. The number of nitrogens with zero attached hydrogens (tertiary/aromatic N) is 1. The number of amides is 1. The molecule has 11 heteroatoms. The number of nitrogens with two attached hydrogens (primary N) is 1. The van der Waals surface area contributed by atoms with Crippen LogP contribution in [0.4, 0.5) is 0 Å². The second-order valence-corrected chi connectivity index (χ2v) is 10.9. The predicted molar refractivity (Wildman–Crippen MR) is 146 cm³/mol. The molecule has 0 saturated heterocycles. The van der Waals surface area contributed by atoms with E-state index < -0.39 is 58.0 Å². The van der Waals surface area contributed by atoms with Gasteiger partial charge in [-0.1, -0.05) is 6.07 Å². The number of phenols is 1. The van der Waals surface area contributed by atoms with Crippen LogP contribution in [0.2, 0.25) is 0 Å². The Morgan fingerprint density at radius 1 is 1.07 bits per heavy atom. The maximum Gasteiger partial charge on any atom is 0.255 e. The van der Waals surface area contributed by atoms with Crippen molar-refractivity contribution in [1.82, 2.24) is 4.90 Å². The Kier molecular flexibility index (Phi) is 6.55. The zero-order valence-corrected chi connectivity index (χ0v) is 22.9. The molecule has 2 aromatic rings. The van der Waals surface area contributed by atoms with E-state index in [0.717, 1.165) is 0 Å². The number of fused-ring (bicyclic) bond motifs is 3. The van der Waals surface area contributed by atoms with Gasteiger partial charge in [-0.25, -0.2) is 0 Å². The second kappa shape index (κ2) is 9.57. The summed E-state index contributed by atoms with van der Waals surface area (Å²) >= 11 is 0. The third-order valence-electron chi connectivity index (χ3n) is 8.50. The van der Waals surface area contributed by atoms with Crippen molar-refractivity contribution < 1.29 is 44.3 Å². The standard InChI is InChI=1S/C30H30N2O9/c1-12(33)13-5-8-20(41-4)16(9-13)15-6-7-19(34)22-17(15)10-14-11-18-24(32(2)3)26(36)23(29(31)39)28(38)30(18,40)27(37)21(14)25(22)35/h5-9,14,18,24,34-35,38,40H,10-11H2,1-4H3,(H2,31,39)/t14-,18-,24-,30-/m1/s1. The van der Waals surface area contributed by atoms with Crippen LogP contribution in [-0.2, 0) is 20.8 Å². The summed E-state index contributed by atoms with van der Waals surface area (Å²) in [5.41, 5.74) is 3.44. The first-order valence-electron chi connectivity index (χ1n) is 12.9. The SMILES string of the molecule is COc1ccc(C(C)=O)cc1-c1ccc(O)c2c1C[C@@H]1C[C@@H]3[C@@H](N(C)C)C(=O)C(C(N)=O)=C(O)[C@]3(O)C(=O)C1=C2O. The van der Waals surface area contributed by atoms with Gasteiger partial charge >= 0.3 is 0 Å². The third kappa shape index (κ3) is 3.87. The highest BCUT2D eigenvalue weighted by Gasteiger charge is 2.64. The molecule has 1 fully saturated rings. The van der Waals surface area contributed by atoms with E-state index in [1.54, 1.807) is 24.3 Å². The third-order valence-corrected chi connectivity index (χ3v) is 8.50. The molecule has 6 N–H and O–H groups in total. The van der Waals surface area contributed by atoms with Crippen molar-refractivity contribution in [3.63, 3.8) is 0 Å². The monoisotopic (exact) mass is 562 g/mol. The first-order valence-corrected chi connectivity index (χ1v) is 12.9. The van der Waals surface area contributed by atoms with E-state index in [9.17, 15) is 39.6 Å². The lowest BCUT2D eigenvalue weighted by atomic mass is 9.57. The molecule has 0 aromatic heterocycles. The fourth-order valence-electron chi connectivity index (χ4n) is 6.63. The van der Waals surface area contributed by atoms with Gasteiger partial charge in [-0.05, 0) is 75.2 Å². The van der Waals surface area contributed by atoms with E-state index >= 15 is 0 Å². The van der Waals surface area contributed by atoms with Gasteiger partial charge in [0.1, 0.15) is 28.6 Å². The number of carbonyl (C=O) groups excluding carboxylic acids is 4. The number of primary amides is 1. The van der Waals surface area contributed by atoms with Crippen LogP contribution < -0.4 is 10.5 Å². The van der Waals surface area contributed by atoms with Crippen molar-refractivity contribution in [1.29, 1.82) is 0 Å². The molecule has 0 unspecified atom stereocenters. The molecule has 1 saturated carbocycles. The fraction of sp³-hybridized carbons (Fsp3) is 0.333. The number of ether oxygens (including phenoxy) is 1. The van der Waals surface area contributed by atoms with Crippen LogP contribution in [0, 0.1) is 11.8 Å². The van der Waals surface area contributed by atoms with Gasteiger partial charge in [-0.3, -0.25) is 24.1 Å². The van der Waals surface area contributed by atoms with Crippen LogP contribution in [0.1, 0.15) is 34.8 Å². The molecule has 2 aromatic carbocycles. The van der Waals surface area contributed by atoms with Crippen molar-refractivity contribution in [2.24, 2.45) is 17.6 Å². The summed E-state index contributed by atoms with van der Waals surface area (Å²) in [5, 5.41) is 45.0. The van der Waals surface area contributed by atoms with E-state index in [1.165, 1.54) is 39.1 Å². The Bertz CT molecular complexity index is 1620. The van der Waals surface area contributed by atoms with Crippen molar-refractivity contribution >= 4 is 29.0 Å². The fourth-order valence-corrected chi connectivity index (χ4v) is 6.63. The van der Waals surface area contributed by atoms with Crippen LogP contribution in [0.15, 0.2) is 47.2 Å². The number of hydrogen-bond acceptors (Lipinski definition) is 10. The summed E-state index contributed by atoms with van der Waals surface area (Å²) in [6.45, 7) is 1.42.